The number of nitrogens with one attached hydrogen (secondary N) is 1. The zero-order valence-electron chi connectivity index (χ0n) is 13.3. The molecule has 0 spiro atoms. The van der Waals surface area contributed by atoms with Gasteiger partial charge in [0.25, 0.3) is 5.91 Å². The van der Waals surface area contributed by atoms with Gasteiger partial charge in [-0.15, -0.1) is 0 Å². The van der Waals surface area contributed by atoms with Crippen LogP contribution in [0, 0.1) is 6.92 Å². The van der Waals surface area contributed by atoms with Crippen LogP contribution < -0.4 is 5.32 Å². The van der Waals surface area contributed by atoms with E-state index in [0.717, 1.165) is 31.5 Å². The van der Waals surface area contributed by atoms with Crippen molar-refractivity contribution < 1.29 is 14.3 Å². The molecule has 1 aliphatic heterocycles. The van der Waals surface area contributed by atoms with Gasteiger partial charge < -0.3 is 15.0 Å². The van der Waals surface area contributed by atoms with Crippen molar-refractivity contribution in [3.05, 3.63) is 28.8 Å². The minimum atomic E-state index is -0.460. The lowest BCUT2D eigenvalue weighted by atomic mass is 10.2. The number of rotatable bonds is 5. The lowest BCUT2D eigenvalue weighted by Gasteiger charge is -2.17. The van der Waals surface area contributed by atoms with E-state index in [1.165, 1.54) is 11.8 Å². The van der Waals surface area contributed by atoms with Crippen LogP contribution in [0.2, 0.25) is 5.02 Å². The van der Waals surface area contributed by atoms with Gasteiger partial charge in [0.15, 0.2) is 6.61 Å². The summed E-state index contributed by atoms with van der Waals surface area (Å²) in [6.45, 7) is 3.44. The van der Waals surface area contributed by atoms with E-state index in [4.69, 9.17) is 28.6 Å². The normalized spacial score (nSPS) is 13.7. The van der Waals surface area contributed by atoms with Gasteiger partial charge >= 0.3 is 5.97 Å². The molecule has 5 nitrogen and oxygen atoms in total. The smallest absolute Gasteiger partial charge is 0.316 e. The van der Waals surface area contributed by atoms with Crippen LogP contribution in [0.15, 0.2) is 18.2 Å². The third-order valence-corrected chi connectivity index (χ3v) is 5.40. The maximum atomic E-state index is 11.8. The van der Waals surface area contributed by atoms with Gasteiger partial charge in [0, 0.05) is 23.8 Å². The van der Waals surface area contributed by atoms with E-state index in [-0.39, 0.29) is 12.4 Å². The number of amides is 1. The fourth-order valence-electron chi connectivity index (χ4n) is 2.17. The van der Waals surface area contributed by atoms with E-state index in [9.17, 15) is 9.59 Å². The minimum absolute atomic E-state index is 0.110. The molecule has 1 aromatic carbocycles. The Hall–Kier alpha value is -1.31. The Balaban J connectivity index is 1.68. The van der Waals surface area contributed by atoms with Gasteiger partial charge in [-0.25, -0.2) is 0 Å². The van der Waals surface area contributed by atoms with Crippen LogP contribution >= 0.6 is 35.6 Å². The maximum absolute atomic E-state index is 11.8. The number of thiocarbonyl (C=S) groups is 1. The summed E-state index contributed by atoms with van der Waals surface area (Å²) in [6, 6.07) is 5.20. The second kappa shape index (κ2) is 9.25. The Bertz CT molecular complexity index is 634. The molecule has 1 aromatic rings. The highest BCUT2D eigenvalue weighted by molar-refractivity contribution is 8.23. The average Bonchev–Trinajstić information content (AvgIpc) is 3.08. The number of likely N-dealkylation sites (tertiary alicyclic amines) is 1. The number of nitrogens with zero attached hydrogens (tertiary/aromatic N) is 1. The van der Waals surface area contributed by atoms with Gasteiger partial charge in [-0.3, -0.25) is 9.59 Å². The number of anilines is 1. The summed E-state index contributed by atoms with van der Waals surface area (Å²) in [7, 11) is 0. The van der Waals surface area contributed by atoms with E-state index >= 15 is 0 Å². The van der Waals surface area contributed by atoms with Crippen LogP contribution in [0.4, 0.5) is 5.69 Å². The molecule has 1 heterocycles. The first kappa shape index (κ1) is 19.0. The van der Waals surface area contributed by atoms with Crippen molar-refractivity contribution in [1.29, 1.82) is 0 Å². The van der Waals surface area contributed by atoms with E-state index in [1.807, 2.05) is 6.92 Å². The fraction of sp³-hybridized carbons (Fsp3) is 0.438. The maximum Gasteiger partial charge on any atom is 0.316 e. The fourth-order valence-corrected chi connectivity index (χ4v) is 3.40. The molecule has 1 aliphatic rings. The van der Waals surface area contributed by atoms with Crippen molar-refractivity contribution in [3.63, 3.8) is 0 Å². The highest BCUT2D eigenvalue weighted by atomic mass is 35.5. The van der Waals surface area contributed by atoms with E-state index < -0.39 is 11.9 Å². The Morgan fingerprint density at radius 2 is 2.08 bits per heavy atom. The van der Waals surface area contributed by atoms with Crippen molar-refractivity contribution in [2.75, 3.05) is 30.8 Å². The van der Waals surface area contributed by atoms with Crippen molar-refractivity contribution in [3.8, 4) is 0 Å². The molecule has 0 bridgehead atoms. The zero-order valence-corrected chi connectivity index (χ0v) is 15.7. The monoisotopic (exact) mass is 386 g/mol. The summed E-state index contributed by atoms with van der Waals surface area (Å²) < 4.78 is 5.67. The van der Waals surface area contributed by atoms with Crippen LogP contribution in [0.3, 0.4) is 0 Å². The number of halogens is 1. The van der Waals surface area contributed by atoms with Gasteiger partial charge in [-0.2, -0.15) is 0 Å². The van der Waals surface area contributed by atoms with E-state index in [1.54, 1.807) is 18.2 Å². The first-order valence-corrected chi connectivity index (χ1v) is 9.36. The Labute approximate surface area is 156 Å². The Kier molecular flexibility index (Phi) is 7.33. The van der Waals surface area contributed by atoms with Crippen molar-refractivity contribution >= 4 is 57.5 Å². The SMILES string of the molecule is Cc1ccc(NC(=O)COC(=O)CSC(=S)N2CCCC2)cc1Cl. The van der Waals surface area contributed by atoms with Gasteiger partial charge in [0.2, 0.25) is 0 Å². The van der Waals surface area contributed by atoms with Crippen LogP contribution in [0.25, 0.3) is 0 Å². The first-order chi connectivity index (χ1) is 11.5. The molecule has 0 atom stereocenters. The summed E-state index contributed by atoms with van der Waals surface area (Å²) in [5.41, 5.74) is 1.49. The second-order valence-corrected chi connectivity index (χ2v) is 7.44. The largest absolute Gasteiger partial charge is 0.455 e. The summed E-state index contributed by atoms with van der Waals surface area (Å²) >= 11 is 12.5. The highest BCUT2D eigenvalue weighted by Crippen LogP contribution is 2.20. The molecular formula is C16H19ClN2O3S2. The third kappa shape index (κ3) is 5.96. The van der Waals surface area contributed by atoms with Crippen LogP contribution in [-0.4, -0.2) is 46.5 Å². The molecule has 1 saturated heterocycles. The highest BCUT2D eigenvalue weighted by Gasteiger charge is 2.17. The van der Waals surface area contributed by atoms with Crippen molar-refractivity contribution in [1.82, 2.24) is 4.90 Å². The van der Waals surface area contributed by atoms with Crippen molar-refractivity contribution in [2.24, 2.45) is 0 Å². The van der Waals surface area contributed by atoms with Crippen LogP contribution in [-0.2, 0) is 14.3 Å². The number of carbonyl (C=O) groups is 2. The first-order valence-electron chi connectivity index (χ1n) is 7.59. The minimum Gasteiger partial charge on any atom is -0.455 e. The lowest BCUT2D eigenvalue weighted by molar-refractivity contribution is -0.144. The number of thioether (sulfide) groups is 1. The summed E-state index contributed by atoms with van der Waals surface area (Å²) in [4.78, 5) is 25.6. The molecule has 1 amide bonds. The number of benzene rings is 1. The topological polar surface area (TPSA) is 58.6 Å². The molecule has 0 aromatic heterocycles. The number of ether oxygens (including phenoxy) is 1. The molecule has 130 valence electrons. The van der Waals surface area contributed by atoms with Crippen molar-refractivity contribution in [2.45, 2.75) is 19.8 Å². The van der Waals surface area contributed by atoms with E-state index in [2.05, 4.69) is 10.2 Å². The lowest BCUT2D eigenvalue weighted by Crippen LogP contribution is -2.25. The number of esters is 1. The summed E-state index contributed by atoms with van der Waals surface area (Å²) in [5, 5.41) is 3.20. The molecule has 24 heavy (non-hydrogen) atoms. The summed E-state index contributed by atoms with van der Waals surface area (Å²) in [5.74, 6) is -0.757. The predicted octanol–water partition coefficient (Wildman–Crippen LogP) is 3.24. The predicted molar refractivity (Wildman–Crippen MR) is 102 cm³/mol. The van der Waals surface area contributed by atoms with Gasteiger partial charge in [0.05, 0.1) is 5.75 Å². The third-order valence-electron chi connectivity index (χ3n) is 3.50. The molecule has 1 N–H and O–H groups in total. The zero-order chi connectivity index (χ0) is 17.5. The van der Waals surface area contributed by atoms with Gasteiger partial charge in [0.1, 0.15) is 4.32 Å². The van der Waals surface area contributed by atoms with Gasteiger partial charge in [-0.05, 0) is 37.5 Å². The molecule has 0 radical (unpaired) electrons. The van der Waals surface area contributed by atoms with Crippen LogP contribution in [0.1, 0.15) is 18.4 Å². The number of carbonyl (C=O) groups excluding carboxylic acids is 2. The second-order valence-electron chi connectivity index (χ2n) is 5.42. The Morgan fingerprint density at radius 1 is 1.38 bits per heavy atom. The molecule has 0 unspecified atom stereocenters. The molecule has 8 heteroatoms. The Morgan fingerprint density at radius 3 is 2.75 bits per heavy atom. The molecule has 2 rings (SSSR count). The number of hydrogen-bond acceptors (Lipinski definition) is 5. The number of hydrogen-bond donors (Lipinski definition) is 1. The standard InChI is InChI=1S/C16H19ClN2O3S2/c1-11-4-5-12(8-13(11)17)18-14(20)9-22-15(21)10-24-16(23)19-6-2-3-7-19/h4-5,8H,2-3,6-7,9-10H2,1H3,(H,18,20). The van der Waals surface area contributed by atoms with E-state index in [0.29, 0.717) is 15.0 Å². The molecule has 1 fully saturated rings. The molecule has 0 aliphatic carbocycles. The van der Waals surface area contributed by atoms with Gasteiger partial charge in [-0.1, -0.05) is 41.6 Å². The number of aryl methyl sites for hydroxylation is 1. The molecule has 0 saturated carbocycles. The summed E-state index contributed by atoms with van der Waals surface area (Å²) in [6.07, 6.45) is 2.27. The average molecular weight is 387 g/mol. The quantitative estimate of drug-likeness (QED) is 0.619. The van der Waals surface area contributed by atoms with Crippen LogP contribution in [0.5, 0.6) is 0 Å². The molecular weight excluding hydrogens is 368 g/mol.